The summed E-state index contributed by atoms with van der Waals surface area (Å²) in [6, 6.07) is -1.14. The van der Waals surface area contributed by atoms with E-state index < -0.39 is 90.1 Å². The third-order valence-corrected chi connectivity index (χ3v) is 13.9. The number of thioether (sulfide) groups is 1. The minimum Gasteiger partial charge on any atom is -0.508 e. The maximum absolute atomic E-state index is 14.2. The smallest absolute Gasteiger partial charge is 0.243 e. The highest BCUT2D eigenvalue weighted by Crippen LogP contribution is 2.16. The molecule has 0 radical (unpaired) electrons. The highest BCUT2D eigenvalue weighted by atomic mass is 32.2. The molecule has 9 amide bonds. The van der Waals surface area contributed by atoms with Crippen LogP contribution >= 0.6 is 11.8 Å². The zero-order chi connectivity index (χ0) is 58.1. The maximum Gasteiger partial charge on any atom is 0.243 e. The van der Waals surface area contributed by atoms with Crippen molar-refractivity contribution in [1.82, 2.24) is 42.5 Å². The molecule has 0 aliphatic rings. The van der Waals surface area contributed by atoms with E-state index in [9.17, 15) is 48.3 Å². The quantitative estimate of drug-likeness (QED) is 0.0417. The molecule has 15 N–H and O–H groups in total. The van der Waals surface area contributed by atoms with Crippen LogP contribution in [0.3, 0.4) is 0 Å². The van der Waals surface area contributed by atoms with E-state index in [2.05, 4.69) is 49.5 Å². The summed E-state index contributed by atoms with van der Waals surface area (Å²) in [4.78, 5) is 121. The van der Waals surface area contributed by atoms with E-state index >= 15 is 0 Å². The van der Waals surface area contributed by atoms with Gasteiger partial charge < -0.3 is 64.8 Å². The Kier molecular flexibility index (Phi) is 39.3. The third-order valence-electron chi connectivity index (χ3n) is 13.3. The van der Waals surface area contributed by atoms with Crippen molar-refractivity contribution in [3.8, 4) is 5.75 Å². The number of hydrogen-bond acceptors (Lipinski definition) is 13. The van der Waals surface area contributed by atoms with E-state index in [0.717, 1.165) is 19.3 Å². The van der Waals surface area contributed by atoms with Gasteiger partial charge in [-0.1, -0.05) is 110 Å². The average Bonchev–Trinajstić information content (AvgIpc) is 3.40. The summed E-state index contributed by atoms with van der Waals surface area (Å²) in [5, 5.41) is 31.3. The number of carbonyl (C=O) groups is 9. The molecule has 21 nitrogen and oxygen atoms in total. The van der Waals surface area contributed by atoms with Crippen LogP contribution in [0.2, 0.25) is 0 Å². The van der Waals surface area contributed by atoms with Crippen LogP contribution in [0.1, 0.15) is 180 Å². The summed E-state index contributed by atoms with van der Waals surface area (Å²) < 4.78 is 0. The number of hydrogen-bond donors (Lipinski definition) is 12. The van der Waals surface area contributed by atoms with E-state index in [1.165, 1.54) is 101 Å². The van der Waals surface area contributed by atoms with Gasteiger partial charge in [0.25, 0.3) is 0 Å². The summed E-state index contributed by atoms with van der Waals surface area (Å²) in [5.41, 5.74) is 17.5. The van der Waals surface area contributed by atoms with E-state index in [-0.39, 0.29) is 62.6 Å². The van der Waals surface area contributed by atoms with Gasteiger partial charge >= 0.3 is 0 Å². The summed E-state index contributed by atoms with van der Waals surface area (Å²) in [6.45, 7) is 6.08. The van der Waals surface area contributed by atoms with Crippen LogP contribution in [0.5, 0.6) is 5.75 Å². The Morgan fingerprint density at radius 2 is 0.962 bits per heavy atom. The molecule has 0 saturated heterocycles. The number of primary amides is 1. The molecular formula is C56H99N11O10S. The first-order valence-electron chi connectivity index (χ1n) is 28.6. The lowest BCUT2D eigenvalue weighted by atomic mass is 10.0. The first kappa shape index (κ1) is 70.5. The molecule has 0 unspecified atom stereocenters. The number of nitrogens with two attached hydrogens (primary N) is 3. The molecule has 0 fully saturated rings. The van der Waals surface area contributed by atoms with Gasteiger partial charge in [-0.3, -0.25) is 43.2 Å². The van der Waals surface area contributed by atoms with Gasteiger partial charge in [-0.05, 0) is 113 Å². The van der Waals surface area contributed by atoms with Crippen LogP contribution < -0.4 is 59.7 Å². The highest BCUT2D eigenvalue weighted by molar-refractivity contribution is 7.98. The molecule has 444 valence electrons. The Labute approximate surface area is 468 Å². The van der Waals surface area contributed by atoms with Gasteiger partial charge in [0.05, 0.1) is 6.54 Å². The Hall–Kier alpha value is -5.48. The minimum atomic E-state index is -1.47. The van der Waals surface area contributed by atoms with Crippen molar-refractivity contribution in [2.45, 2.75) is 218 Å². The predicted molar refractivity (Wildman–Crippen MR) is 307 cm³/mol. The fourth-order valence-corrected chi connectivity index (χ4v) is 9.20. The van der Waals surface area contributed by atoms with Crippen molar-refractivity contribution in [2.24, 2.45) is 23.1 Å². The lowest BCUT2D eigenvalue weighted by molar-refractivity contribution is -0.135. The van der Waals surface area contributed by atoms with Crippen LogP contribution in [0, 0.1) is 5.92 Å². The molecule has 0 aliphatic carbocycles. The van der Waals surface area contributed by atoms with Gasteiger partial charge in [0, 0.05) is 26.3 Å². The van der Waals surface area contributed by atoms with Crippen molar-refractivity contribution in [3.05, 3.63) is 29.8 Å². The molecule has 6 atom stereocenters. The number of benzene rings is 1. The number of carbonyl (C=O) groups excluding carboxylic acids is 9. The number of phenols is 1. The fourth-order valence-electron chi connectivity index (χ4n) is 8.73. The second kappa shape index (κ2) is 43.4. The Balaban J connectivity index is 3.21. The molecule has 0 bridgehead atoms. The van der Waals surface area contributed by atoms with Crippen LogP contribution in [0.25, 0.3) is 0 Å². The van der Waals surface area contributed by atoms with Gasteiger partial charge in [-0.25, -0.2) is 0 Å². The second-order valence-corrected chi connectivity index (χ2v) is 21.7. The number of phenolic OH excluding ortho intramolecular Hbond substituents is 1. The van der Waals surface area contributed by atoms with Crippen LogP contribution in [0.4, 0.5) is 0 Å². The number of rotatable bonds is 46. The molecule has 78 heavy (non-hydrogen) atoms. The lowest BCUT2D eigenvalue weighted by Gasteiger charge is -2.27. The van der Waals surface area contributed by atoms with Gasteiger partial charge in [0.2, 0.25) is 53.2 Å². The molecular weight excluding hydrogens is 1020 g/mol. The van der Waals surface area contributed by atoms with Gasteiger partial charge in [0.15, 0.2) is 0 Å². The zero-order valence-electron chi connectivity index (χ0n) is 47.6. The minimum absolute atomic E-state index is 0.0473. The average molecular weight is 1120 g/mol. The van der Waals surface area contributed by atoms with Crippen LogP contribution in [0.15, 0.2) is 24.3 Å². The first-order valence-corrected chi connectivity index (χ1v) is 30.0. The van der Waals surface area contributed by atoms with Crippen molar-refractivity contribution in [1.29, 1.82) is 0 Å². The van der Waals surface area contributed by atoms with Crippen molar-refractivity contribution in [3.63, 3.8) is 0 Å². The van der Waals surface area contributed by atoms with Crippen molar-refractivity contribution in [2.75, 3.05) is 38.7 Å². The highest BCUT2D eigenvalue weighted by Gasteiger charge is 2.33. The summed E-state index contributed by atoms with van der Waals surface area (Å²) in [7, 11) is 1.46. The molecule has 0 heterocycles. The number of aromatic hydroxyl groups is 1. The fraction of sp³-hybridized carbons (Fsp3) is 0.732. The number of nitrogens with one attached hydrogen (secondary N) is 8. The third kappa shape index (κ3) is 33.1. The molecule has 0 aliphatic heterocycles. The molecule has 0 spiro atoms. The van der Waals surface area contributed by atoms with Gasteiger partial charge in [-0.2, -0.15) is 11.8 Å². The standard InChI is InChI=1S/C56H99N11O10S/c1-6-7-8-9-10-11-12-13-14-15-16-17-18-25-49(70)62-45(32-35-78-5)52(73)61-38-50(71)63-47(37-40-26-28-41(68)29-27-40)56(77)66-44(30-31-48(59)69)55(76)65-42(23-19-21-33-57)53(74)64-43(24-20-22-34-58)54(75)67-46(36-39(2)3)51(72)60-4/h26-29,39,42-47,68H,6-25,30-38,57-58H2,1-5H3,(H2,59,69)(H,60,72)(H,61,73)(H,62,70)(H,63,71)(H,64,74)(H,65,76)(H,66,77)(H,67,75)/t42-,43-,44-,45-,46-,47-/m0/s1. The largest absolute Gasteiger partial charge is 0.508 e. The molecule has 0 saturated carbocycles. The lowest BCUT2D eigenvalue weighted by Crippen LogP contribution is -2.59. The Morgan fingerprint density at radius 3 is 1.42 bits per heavy atom. The summed E-state index contributed by atoms with van der Waals surface area (Å²) >= 11 is 1.50. The molecule has 1 rings (SSSR count). The molecule has 1 aromatic carbocycles. The first-order chi connectivity index (χ1) is 37.4. The van der Waals surface area contributed by atoms with Gasteiger partial charge in [0.1, 0.15) is 42.0 Å². The summed E-state index contributed by atoms with van der Waals surface area (Å²) in [5.74, 6) is -5.28. The second-order valence-electron chi connectivity index (χ2n) is 20.7. The van der Waals surface area contributed by atoms with Crippen molar-refractivity contribution < 1.29 is 48.3 Å². The molecule has 1 aromatic rings. The van der Waals surface area contributed by atoms with Crippen LogP contribution in [-0.2, 0) is 49.6 Å². The zero-order valence-corrected chi connectivity index (χ0v) is 48.4. The number of amides is 9. The molecule has 22 heteroatoms. The monoisotopic (exact) mass is 1120 g/mol. The predicted octanol–water partition coefficient (Wildman–Crippen LogP) is 3.51. The van der Waals surface area contributed by atoms with Gasteiger partial charge in [-0.15, -0.1) is 0 Å². The Bertz CT molecular complexity index is 1930. The maximum atomic E-state index is 14.2. The van der Waals surface area contributed by atoms with E-state index in [0.29, 0.717) is 62.8 Å². The number of unbranched alkanes of at least 4 members (excludes halogenated alkanes) is 14. The van der Waals surface area contributed by atoms with Crippen LogP contribution in [-0.4, -0.2) is 133 Å². The van der Waals surface area contributed by atoms with E-state index in [1.807, 2.05) is 20.1 Å². The number of likely N-dealkylation sites (N-methyl/N-ethyl adjacent to an activating group) is 1. The van der Waals surface area contributed by atoms with E-state index in [1.54, 1.807) is 0 Å². The Morgan fingerprint density at radius 1 is 0.513 bits per heavy atom. The van der Waals surface area contributed by atoms with Crippen molar-refractivity contribution >= 4 is 64.9 Å². The SMILES string of the molecule is CCCCCCCCCCCCCCCC(=O)N[C@@H](CCSC)C(=O)NCC(=O)N[C@@H](Cc1ccc(O)cc1)C(=O)N[C@@H](CCC(N)=O)C(=O)N[C@@H](CCCCN)C(=O)N[C@@H](CCCCN)C(=O)N[C@@H](CC(C)C)C(=O)NC. The molecule has 0 aromatic heterocycles. The summed E-state index contributed by atoms with van der Waals surface area (Å²) in [6.07, 6.45) is 19.4. The normalized spacial score (nSPS) is 13.4. The van der Waals surface area contributed by atoms with E-state index in [4.69, 9.17) is 17.2 Å². The topological polar surface area (TPSA) is 348 Å².